The average Bonchev–Trinajstić information content (AvgIpc) is 2.94. The fraction of sp³-hybridized carbons (Fsp3) is 0. The van der Waals surface area contributed by atoms with Gasteiger partial charge in [0.1, 0.15) is 0 Å². The molecule has 6 rings (SSSR count). The van der Waals surface area contributed by atoms with Gasteiger partial charge >= 0.3 is 0 Å². The maximum atomic E-state index is 3.67. The van der Waals surface area contributed by atoms with E-state index in [4.69, 9.17) is 0 Å². The van der Waals surface area contributed by atoms with Gasteiger partial charge in [0.25, 0.3) is 0 Å². The van der Waals surface area contributed by atoms with Crippen molar-refractivity contribution in [3.8, 4) is 33.4 Å². The molecule has 0 radical (unpaired) electrons. The van der Waals surface area contributed by atoms with E-state index in [-0.39, 0.29) is 0 Å². The minimum Gasteiger partial charge on any atom is -0.355 e. The maximum Gasteiger partial charge on any atom is 0.0464 e. The van der Waals surface area contributed by atoms with Crippen LogP contribution in [0.1, 0.15) is 0 Å². The standard InChI is InChI=1S/C34H25N/c1-3-10-25(11-4-1)29-20-23-34(33(24-29)27-12-5-2-6-13-27)35-30-21-18-28(19-22-30)32-17-9-15-26-14-7-8-16-31(26)32/h1-24,35H. The van der Waals surface area contributed by atoms with E-state index in [1.807, 2.05) is 0 Å². The molecule has 0 saturated heterocycles. The van der Waals surface area contributed by atoms with Crippen LogP contribution in [-0.4, -0.2) is 0 Å². The first-order chi connectivity index (χ1) is 17.3. The van der Waals surface area contributed by atoms with Crippen molar-refractivity contribution in [2.24, 2.45) is 0 Å². The Morgan fingerprint density at radius 2 is 0.971 bits per heavy atom. The van der Waals surface area contributed by atoms with Gasteiger partial charge in [0.15, 0.2) is 0 Å². The van der Waals surface area contributed by atoms with Crippen molar-refractivity contribution >= 4 is 22.1 Å². The summed E-state index contributed by atoms with van der Waals surface area (Å²) in [4.78, 5) is 0. The van der Waals surface area contributed by atoms with Gasteiger partial charge in [-0.3, -0.25) is 0 Å². The molecule has 0 aliphatic heterocycles. The summed E-state index contributed by atoms with van der Waals surface area (Å²) in [6.07, 6.45) is 0. The Balaban J connectivity index is 1.35. The molecule has 1 nitrogen and oxygen atoms in total. The normalized spacial score (nSPS) is 10.9. The predicted octanol–water partition coefficient (Wildman–Crippen LogP) is 9.58. The summed E-state index contributed by atoms with van der Waals surface area (Å²) >= 11 is 0. The van der Waals surface area contributed by atoms with Crippen molar-refractivity contribution in [3.63, 3.8) is 0 Å². The number of fused-ring (bicyclic) bond motifs is 1. The van der Waals surface area contributed by atoms with E-state index < -0.39 is 0 Å². The zero-order valence-electron chi connectivity index (χ0n) is 19.4. The Kier molecular flexibility index (Phi) is 5.58. The molecule has 0 saturated carbocycles. The monoisotopic (exact) mass is 447 g/mol. The van der Waals surface area contributed by atoms with Crippen molar-refractivity contribution in [1.29, 1.82) is 0 Å². The molecule has 0 atom stereocenters. The Hall–Kier alpha value is -4.62. The highest BCUT2D eigenvalue weighted by Crippen LogP contribution is 2.35. The van der Waals surface area contributed by atoms with Crippen LogP contribution < -0.4 is 5.32 Å². The van der Waals surface area contributed by atoms with E-state index in [2.05, 4.69) is 151 Å². The lowest BCUT2D eigenvalue weighted by molar-refractivity contribution is 1.52. The van der Waals surface area contributed by atoms with E-state index in [0.717, 1.165) is 11.4 Å². The average molecular weight is 448 g/mol. The number of anilines is 2. The molecule has 0 fully saturated rings. The van der Waals surface area contributed by atoms with Crippen LogP contribution in [-0.2, 0) is 0 Å². The fourth-order valence-electron chi connectivity index (χ4n) is 4.69. The van der Waals surface area contributed by atoms with E-state index in [1.54, 1.807) is 0 Å². The summed E-state index contributed by atoms with van der Waals surface area (Å²) in [5.41, 5.74) is 9.44. The van der Waals surface area contributed by atoms with Gasteiger partial charge in [0, 0.05) is 16.9 Å². The van der Waals surface area contributed by atoms with Gasteiger partial charge < -0.3 is 5.32 Å². The smallest absolute Gasteiger partial charge is 0.0464 e. The fourth-order valence-corrected chi connectivity index (χ4v) is 4.69. The molecule has 0 unspecified atom stereocenters. The molecule has 0 heterocycles. The second-order valence-electron chi connectivity index (χ2n) is 8.72. The molecular formula is C34H25N. The van der Waals surface area contributed by atoms with Crippen molar-refractivity contribution in [3.05, 3.63) is 146 Å². The summed E-state index contributed by atoms with van der Waals surface area (Å²) < 4.78 is 0. The predicted molar refractivity (Wildman–Crippen MR) is 150 cm³/mol. The third-order valence-electron chi connectivity index (χ3n) is 6.48. The summed E-state index contributed by atoms with van der Waals surface area (Å²) in [5, 5.41) is 6.20. The van der Waals surface area contributed by atoms with Crippen LogP contribution in [0, 0.1) is 0 Å². The van der Waals surface area contributed by atoms with Gasteiger partial charge in [0.05, 0.1) is 0 Å². The van der Waals surface area contributed by atoms with Crippen LogP contribution in [0.15, 0.2) is 146 Å². The summed E-state index contributed by atoms with van der Waals surface area (Å²) in [6.45, 7) is 0. The Morgan fingerprint density at radius 3 is 1.74 bits per heavy atom. The van der Waals surface area contributed by atoms with E-state index in [1.165, 1.54) is 44.2 Å². The Labute approximate surface area is 206 Å². The summed E-state index contributed by atoms with van der Waals surface area (Å²) in [6, 6.07) is 51.5. The third kappa shape index (κ3) is 4.32. The van der Waals surface area contributed by atoms with Crippen LogP contribution >= 0.6 is 0 Å². The second kappa shape index (κ2) is 9.32. The molecule has 0 aromatic heterocycles. The number of benzene rings is 6. The molecule has 0 amide bonds. The van der Waals surface area contributed by atoms with E-state index in [0.29, 0.717) is 0 Å². The first-order valence-corrected chi connectivity index (χ1v) is 12.0. The van der Waals surface area contributed by atoms with E-state index >= 15 is 0 Å². The maximum absolute atomic E-state index is 3.67. The summed E-state index contributed by atoms with van der Waals surface area (Å²) in [5.74, 6) is 0. The van der Waals surface area contributed by atoms with Crippen LogP contribution in [0.4, 0.5) is 11.4 Å². The zero-order valence-corrected chi connectivity index (χ0v) is 19.4. The lowest BCUT2D eigenvalue weighted by atomic mass is 9.97. The molecule has 1 heteroatoms. The molecule has 6 aromatic rings. The van der Waals surface area contributed by atoms with Gasteiger partial charge in [-0.1, -0.05) is 121 Å². The Bertz CT molecular complexity index is 1580. The van der Waals surface area contributed by atoms with Gasteiger partial charge in [-0.05, 0) is 62.9 Å². The number of hydrogen-bond donors (Lipinski definition) is 1. The van der Waals surface area contributed by atoms with Crippen LogP contribution in [0.25, 0.3) is 44.2 Å². The number of hydrogen-bond acceptors (Lipinski definition) is 1. The van der Waals surface area contributed by atoms with Gasteiger partial charge in [0.2, 0.25) is 0 Å². The molecule has 0 spiro atoms. The van der Waals surface area contributed by atoms with Crippen molar-refractivity contribution in [1.82, 2.24) is 0 Å². The lowest BCUT2D eigenvalue weighted by Crippen LogP contribution is -1.94. The highest BCUT2D eigenvalue weighted by atomic mass is 14.9. The summed E-state index contributed by atoms with van der Waals surface area (Å²) in [7, 11) is 0. The molecule has 0 aliphatic rings. The quantitative estimate of drug-likeness (QED) is 0.277. The third-order valence-corrected chi connectivity index (χ3v) is 6.48. The largest absolute Gasteiger partial charge is 0.355 e. The van der Waals surface area contributed by atoms with E-state index in [9.17, 15) is 0 Å². The minimum atomic E-state index is 1.07. The molecule has 166 valence electrons. The van der Waals surface area contributed by atoms with Gasteiger partial charge in [-0.2, -0.15) is 0 Å². The zero-order chi connectivity index (χ0) is 23.5. The highest BCUT2D eigenvalue weighted by Gasteiger charge is 2.09. The minimum absolute atomic E-state index is 1.07. The first-order valence-electron chi connectivity index (χ1n) is 12.0. The second-order valence-corrected chi connectivity index (χ2v) is 8.72. The molecule has 0 bridgehead atoms. The lowest BCUT2D eigenvalue weighted by Gasteiger charge is -2.15. The number of nitrogens with one attached hydrogen (secondary N) is 1. The van der Waals surface area contributed by atoms with Crippen LogP contribution in [0.2, 0.25) is 0 Å². The molecule has 35 heavy (non-hydrogen) atoms. The molecule has 6 aromatic carbocycles. The van der Waals surface area contributed by atoms with Gasteiger partial charge in [-0.15, -0.1) is 0 Å². The van der Waals surface area contributed by atoms with Crippen molar-refractivity contribution in [2.45, 2.75) is 0 Å². The molecular weight excluding hydrogens is 422 g/mol. The molecule has 1 N–H and O–H groups in total. The van der Waals surface area contributed by atoms with Crippen molar-refractivity contribution in [2.75, 3.05) is 5.32 Å². The first kappa shape index (κ1) is 20.9. The Morgan fingerprint density at radius 1 is 0.371 bits per heavy atom. The van der Waals surface area contributed by atoms with Crippen LogP contribution in [0.3, 0.4) is 0 Å². The molecule has 0 aliphatic carbocycles. The van der Waals surface area contributed by atoms with Crippen molar-refractivity contribution < 1.29 is 0 Å². The van der Waals surface area contributed by atoms with Crippen LogP contribution in [0.5, 0.6) is 0 Å². The number of rotatable bonds is 5. The SMILES string of the molecule is c1ccc(-c2ccc(Nc3ccc(-c4cccc5ccccc45)cc3)c(-c3ccccc3)c2)cc1. The topological polar surface area (TPSA) is 12.0 Å². The van der Waals surface area contributed by atoms with Gasteiger partial charge in [-0.25, -0.2) is 0 Å². The highest BCUT2D eigenvalue weighted by molar-refractivity contribution is 5.97.